The van der Waals surface area contributed by atoms with E-state index in [4.69, 9.17) is 4.74 Å². The van der Waals surface area contributed by atoms with Gasteiger partial charge in [0.1, 0.15) is 11.7 Å². The molecular formula is C13H13NO4S. The molecule has 1 aromatic carbocycles. The number of thioether (sulfide) groups is 1. The number of benzene rings is 1. The molecule has 19 heavy (non-hydrogen) atoms. The molecule has 0 spiro atoms. The monoisotopic (exact) mass is 279 g/mol. The zero-order chi connectivity index (χ0) is 13.6. The summed E-state index contributed by atoms with van der Waals surface area (Å²) in [5.74, 6) is -0.289. The normalized spacial score (nSPS) is 24.9. The third-order valence-corrected chi connectivity index (χ3v) is 4.85. The standard InChI is InChI=1S/C13H13NO4S/c1-18-7-2-3-8-9(6-7)11(15)14-4-5-19-12(14)10(8)13(16)17/h2-3,6,10,12H,4-5H2,1H3,(H,16,17)/t10-,12+/m1/s1. The fraction of sp³-hybridized carbons (Fsp3) is 0.385. The van der Waals surface area contributed by atoms with Gasteiger partial charge in [-0.3, -0.25) is 9.59 Å². The van der Waals surface area contributed by atoms with Gasteiger partial charge in [0.2, 0.25) is 0 Å². The van der Waals surface area contributed by atoms with Crippen LogP contribution < -0.4 is 4.74 Å². The predicted octanol–water partition coefficient (Wildman–Crippen LogP) is 1.39. The number of hydrogen-bond acceptors (Lipinski definition) is 4. The molecule has 100 valence electrons. The van der Waals surface area contributed by atoms with Crippen LogP contribution in [0.2, 0.25) is 0 Å². The quantitative estimate of drug-likeness (QED) is 0.886. The van der Waals surface area contributed by atoms with Crippen LogP contribution in [0.25, 0.3) is 0 Å². The third-order valence-electron chi connectivity index (χ3n) is 3.57. The van der Waals surface area contributed by atoms with Gasteiger partial charge in [-0.2, -0.15) is 0 Å². The molecule has 3 rings (SSSR count). The number of carboxylic acids is 1. The number of methoxy groups -OCH3 is 1. The lowest BCUT2D eigenvalue weighted by Gasteiger charge is -2.35. The SMILES string of the molecule is COc1ccc2c(c1)C(=O)N1CCS[C@H]1[C@@H]2C(=O)O. The molecule has 0 bridgehead atoms. The molecule has 1 fully saturated rings. The Labute approximate surface area is 114 Å². The van der Waals surface area contributed by atoms with E-state index in [1.165, 1.54) is 18.9 Å². The number of fused-ring (bicyclic) bond motifs is 2. The molecule has 1 N–H and O–H groups in total. The summed E-state index contributed by atoms with van der Waals surface area (Å²) in [5, 5.41) is 9.18. The molecule has 1 aromatic rings. The third kappa shape index (κ3) is 1.78. The Bertz CT molecular complexity index is 560. The van der Waals surface area contributed by atoms with Crippen molar-refractivity contribution in [3.8, 4) is 5.75 Å². The van der Waals surface area contributed by atoms with Crippen molar-refractivity contribution < 1.29 is 19.4 Å². The van der Waals surface area contributed by atoms with Gasteiger partial charge in [0, 0.05) is 17.9 Å². The van der Waals surface area contributed by atoms with Gasteiger partial charge in [-0.15, -0.1) is 11.8 Å². The molecule has 5 nitrogen and oxygen atoms in total. The van der Waals surface area contributed by atoms with E-state index in [2.05, 4.69) is 0 Å². The molecule has 1 saturated heterocycles. The lowest BCUT2D eigenvalue weighted by atomic mass is 9.89. The van der Waals surface area contributed by atoms with Crippen molar-refractivity contribution >= 4 is 23.6 Å². The van der Waals surface area contributed by atoms with Crippen LogP contribution in [-0.4, -0.2) is 46.7 Å². The van der Waals surface area contributed by atoms with Crippen LogP contribution in [-0.2, 0) is 4.79 Å². The number of nitrogens with zero attached hydrogens (tertiary/aromatic N) is 1. The summed E-state index contributed by atoms with van der Waals surface area (Å²) in [4.78, 5) is 25.6. The van der Waals surface area contributed by atoms with Crippen LogP contribution in [0.3, 0.4) is 0 Å². The summed E-state index contributed by atoms with van der Waals surface area (Å²) in [6.07, 6.45) is 0. The summed E-state index contributed by atoms with van der Waals surface area (Å²) in [6.45, 7) is 0.606. The molecule has 2 aliphatic rings. The van der Waals surface area contributed by atoms with E-state index in [1.54, 1.807) is 23.1 Å². The Kier molecular flexibility index (Phi) is 2.89. The average Bonchev–Trinajstić information content (AvgIpc) is 2.87. The van der Waals surface area contributed by atoms with Crippen molar-refractivity contribution in [2.75, 3.05) is 19.4 Å². The van der Waals surface area contributed by atoms with E-state index in [9.17, 15) is 14.7 Å². The first kappa shape index (κ1) is 12.3. The zero-order valence-corrected chi connectivity index (χ0v) is 11.1. The van der Waals surface area contributed by atoms with E-state index >= 15 is 0 Å². The number of aliphatic carboxylic acids is 1. The van der Waals surface area contributed by atoms with Gasteiger partial charge in [-0.25, -0.2) is 0 Å². The van der Waals surface area contributed by atoms with Gasteiger partial charge < -0.3 is 14.7 Å². The highest BCUT2D eigenvalue weighted by Crippen LogP contribution is 2.43. The minimum Gasteiger partial charge on any atom is -0.497 e. The number of hydrogen-bond donors (Lipinski definition) is 1. The Morgan fingerprint density at radius 2 is 2.32 bits per heavy atom. The number of amides is 1. The van der Waals surface area contributed by atoms with Crippen LogP contribution in [0.1, 0.15) is 21.8 Å². The highest BCUT2D eigenvalue weighted by atomic mass is 32.2. The lowest BCUT2D eigenvalue weighted by Crippen LogP contribution is -2.45. The summed E-state index contributed by atoms with van der Waals surface area (Å²) < 4.78 is 5.11. The molecule has 2 heterocycles. The number of rotatable bonds is 2. The summed E-state index contributed by atoms with van der Waals surface area (Å²) in [5.41, 5.74) is 1.04. The molecule has 2 aliphatic heterocycles. The number of carbonyl (C=O) groups excluding carboxylic acids is 1. The first-order valence-electron chi connectivity index (χ1n) is 5.97. The van der Waals surface area contributed by atoms with Crippen molar-refractivity contribution in [2.24, 2.45) is 0 Å². The van der Waals surface area contributed by atoms with Gasteiger partial charge >= 0.3 is 5.97 Å². The molecule has 0 aliphatic carbocycles. The molecule has 2 atom stereocenters. The molecule has 0 saturated carbocycles. The van der Waals surface area contributed by atoms with Gasteiger partial charge in [-0.05, 0) is 17.7 Å². The van der Waals surface area contributed by atoms with E-state index in [0.717, 1.165) is 5.75 Å². The molecule has 1 amide bonds. The van der Waals surface area contributed by atoms with Crippen molar-refractivity contribution in [1.82, 2.24) is 4.90 Å². The summed E-state index contributed by atoms with van der Waals surface area (Å²) in [7, 11) is 1.53. The highest BCUT2D eigenvalue weighted by Gasteiger charge is 2.46. The largest absolute Gasteiger partial charge is 0.497 e. The van der Waals surface area contributed by atoms with Crippen molar-refractivity contribution in [2.45, 2.75) is 11.3 Å². The second-order valence-corrected chi connectivity index (χ2v) is 5.75. The van der Waals surface area contributed by atoms with E-state index in [0.29, 0.717) is 23.4 Å². The van der Waals surface area contributed by atoms with Crippen LogP contribution in [0.4, 0.5) is 0 Å². The number of ether oxygens (including phenoxy) is 1. The maximum Gasteiger partial charge on any atom is 0.314 e. The second kappa shape index (κ2) is 4.45. The number of carboxylic acid groups (broad SMARTS) is 1. The zero-order valence-electron chi connectivity index (χ0n) is 10.3. The van der Waals surface area contributed by atoms with Crippen molar-refractivity contribution in [3.05, 3.63) is 29.3 Å². The fourth-order valence-corrected chi connectivity index (χ4v) is 4.04. The topological polar surface area (TPSA) is 66.8 Å². The Balaban J connectivity index is 2.16. The van der Waals surface area contributed by atoms with Crippen LogP contribution in [0.15, 0.2) is 18.2 Å². The van der Waals surface area contributed by atoms with E-state index in [-0.39, 0.29) is 11.3 Å². The van der Waals surface area contributed by atoms with Gasteiger partial charge in [-0.1, -0.05) is 6.07 Å². The molecule has 0 aromatic heterocycles. The van der Waals surface area contributed by atoms with Crippen LogP contribution in [0.5, 0.6) is 5.75 Å². The molecular weight excluding hydrogens is 266 g/mol. The maximum atomic E-state index is 12.4. The maximum absolute atomic E-state index is 12.4. The minimum atomic E-state index is -0.886. The highest BCUT2D eigenvalue weighted by molar-refractivity contribution is 8.00. The van der Waals surface area contributed by atoms with Gasteiger partial charge in [0.25, 0.3) is 5.91 Å². The average molecular weight is 279 g/mol. The summed E-state index contributed by atoms with van der Waals surface area (Å²) in [6, 6.07) is 5.03. The van der Waals surface area contributed by atoms with Crippen molar-refractivity contribution in [1.29, 1.82) is 0 Å². The van der Waals surface area contributed by atoms with Crippen molar-refractivity contribution in [3.63, 3.8) is 0 Å². The van der Waals surface area contributed by atoms with Gasteiger partial charge in [0.05, 0.1) is 12.5 Å². The van der Waals surface area contributed by atoms with E-state index < -0.39 is 11.9 Å². The fourth-order valence-electron chi connectivity index (χ4n) is 2.66. The number of carbonyl (C=O) groups is 2. The second-order valence-electron chi connectivity index (χ2n) is 4.53. The Morgan fingerprint density at radius 1 is 1.53 bits per heavy atom. The first-order chi connectivity index (χ1) is 9.13. The smallest absolute Gasteiger partial charge is 0.314 e. The molecule has 0 unspecified atom stereocenters. The summed E-state index contributed by atoms with van der Waals surface area (Å²) >= 11 is 1.53. The molecule has 0 radical (unpaired) electrons. The molecule has 6 heteroatoms. The van der Waals surface area contributed by atoms with E-state index in [1.807, 2.05) is 0 Å². The van der Waals surface area contributed by atoms with Crippen LogP contribution in [0, 0.1) is 0 Å². The minimum absolute atomic E-state index is 0.0959. The Hall–Kier alpha value is -1.69. The van der Waals surface area contributed by atoms with Crippen LogP contribution >= 0.6 is 11.8 Å². The Morgan fingerprint density at radius 3 is 3.00 bits per heavy atom. The van der Waals surface area contributed by atoms with Gasteiger partial charge in [0.15, 0.2) is 0 Å². The predicted molar refractivity (Wildman–Crippen MR) is 70.7 cm³/mol. The lowest BCUT2D eigenvalue weighted by molar-refractivity contribution is -0.139. The first-order valence-corrected chi connectivity index (χ1v) is 7.01.